The van der Waals surface area contributed by atoms with Gasteiger partial charge in [-0.25, -0.2) is 9.59 Å². The lowest BCUT2D eigenvalue weighted by molar-refractivity contribution is 0.0556. The first-order valence-electron chi connectivity index (χ1n) is 5.61. The quantitative estimate of drug-likeness (QED) is 0.791. The van der Waals surface area contributed by atoms with Gasteiger partial charge >= 0.3 is 11.9 Å². The number of esters is 2. The van der Waals surface area contributed by atoms with Gasteiger partial charge in [0.25, 0.3) is 0 Å². The summed E-state index contributed by atoms with van der Waals surface area (Å²) in [6.07, 6.45) is 3.10. The topological polar surface area (TPSA) is 57.5 Å². The third-order valence-electron chi connectivity index (χ3n) is 2.69. The molecule has 0 atom stereocenters. The number of methoxy groups -OCH3 is 2. The molecule has 0 amide bonds. The van der Waals surface area contributed by atoms with Crippen molar-refractivity contribution in [1.82, 2.24) is 4.57 Å². The first-order chi connectivity index (χ1) is 9.17. The maximum Gasteiger partial charge on any atom is 0.340 e. The predicted octanol–water partition coefficient (Wildman–Crippen LogP) is 2.05. The molecule has 1 aromatic heterocycles. The van der Waals surface area contributed by atoms with Crippen molar-refractivity contribution in [3.05, 3.63) is 53.9 Å². The van der Waals surface area contributed by atoms with Crippen molar-refractivity contribution >= 4 is 11.9 Å². The molecule has 0 fully saturated rings. The average molecular weight is 259 g/mol. The number of ether oxygens (including phenoxy) is 2. The summed E-state index contributed by atoms with van der Waals surface area (Å²) >= 11 is 0. The van der Waals surface area contributed by atoms with Gasteiger partial charge in [0.1, 0.15) is 0 Å². The number of nitrogens with zero attached hydrogens (tertiary/aromatic N) is 1. The molecule has 1 aromatic carbocycles. The van der Waals surface area contributed by atoms with Crippen LogP contribution in [0.5, 0.6) is 0 Å². The summed E-state index contributed by atoms with van der Waals surface area (Å²) in [5.41, 5.74) is 1.19. The molecule has 0 radical (unpaired) electrons. The molecule has 2 aromatic rings. The van der Waals surface area contributed by atoms with Gasteiger partial charge in [0, 0.05) is 18.1 Å². The van der Waals surface area contributed by atoms with Crippen LogP contribution >= 0.6 is 0 Å². The lowest BCUT2D eigenvalue weighted by Crippen LogP contribution is -2.08. The van der Waals surface area contributed by atoms with Crippen molar-refractivity contribution in [1.29, 1.82) is 0 Å². The van der Waals surface area contributed by atoms with Gasteiger partial charge in [-0.05, 0) is 12.1 Å². The molecule has 5 heteroatoms. The Morgan fingerprint density at radius 2 is 1.37 bits per heavy atom. The molecule has 1 heterocycles. The summed E-state index contributed by atoms with van der Waals surface area (Å²) in [4.78, 5) is 23.3. The van der Waals surface area contributed by atoms with Crippen LogP contribution in [0.3, 0.4) is 0 Å². The lowest BCUT2D eigenvalue weighted by atomic mass is 10.2. The average Bonchev–Trinajstić information content (AvgIpc) is 2.91. The SMILES string of the molecule is COC(=O)c1cn(-c2ccccc2)cc1C(=O)OC. The molecule has 0 bridgehead atoms. The highest BCUT2D eigenvalue weighted by molar-refractivity contribution is 6.03. The van der Waals surface area contributed by atoms with Crippen molar-refractivity contribution < 1.29 is 19.1 Å². The molecular weight excluding hydrogens is 246 g/mol. The molecule has 0 saturated carbocycles. The second-order valence-electron chi connectivity index (χ2n) is 3.81. The Bertz CT molecular complexity index is 568. The molecule has 0 aliphatic carbocycles. The Morgan fingerprint density at radius 3 is 1.79 bits per heavy atom. The lowest BCUT2D eigenvalue weighted by Gasteiger charge is -2.00. The zero-order valence-corrected chi connectivity index (χ0v) is 10.6. The number of carbonyl (C=O) groups is 2. The number of aromatic nitrogens is 1. The Balaban J connectivity index is 2.52. The fraction of sp³-hybridized carbons (Fsp3) is 0.143. The smallest absolute Gasteiger partial charge is 0.340 e. The van der Waals surface area contributed by atoms with Crippen molar-refractivity contribution in [3.63, 3.8) is 0 Å². The number of para-hydroxylation sites is 1. The van der Waals surface area contributed by atoms with Gasteiger partial charge in [0.05, 0.1) is 25.3 Å². The number of benzene rings is 1. The van der Waals surface area contributed by atoms with Gasteiger partial charge in [-0.1, -0.05) is 18.2 Å². The Labute approximate surface area is 110 Å². The standard InChI is InChI=1S/C14H13NO4/c1-18-13(16)11-8-15(9-12(11)14(17)19-2)10-6-4-3-5-7-10/h3-9H,1-2H3. The summed E-state index contributed by atoms with van der Waals surface area (Å²) in [5, 5.41) is 0. The van der Waals surface area contributed by atoms with Crippen LogP contribution in [0.2, 0.25) is 0 Å². The molecule has 2 rings (SSSR count). The zero-order chi connectivity index (χ0) is 13.8. The summed E-state index contributed by atoms with van der Waals surface area (Å²) in [6, 6.07) is 9.34. The van der Waals surface area contributed by atoms with E-state index in [4.69, 9.17) is 0 Å². The third-order valence-corrected chi connectivity index (χ3v) is 2.69. The Morgan fingerprint density at radius 1 is 0.895 bits per heavy atom. The highest BCUT2D eigenvalue weighted by Crippen LogP contribution is 2.17. The maximum absolute atomic E-state index is 11.7. The van der Waals surface area contributed by atoms with Gasteiger partial charge in [0.2, 0.25) is 0 Å². The first-order valence-corrected chi connectivity index (χ1v) is 5.61. The molecule has 0 aliphatic rings. The fourth-order valence-electron chi connectivity index (χ4n) is 1.75. The van der Waals surface area contributed by atoms with Crippen LogP contribution < -0.4 is 0 Å². The monoisotopic (exact) mass is 259 g/mol. The van der Waals surface area contributed by atoms with Crippen LogP contribution in [0.4, 0.5) is 0 Å². The molecule has 19 heavy (non-hydrogen) atoms. The van der Waals surface area contributed by atoms with E-state index in [-0.39, 0.29) is 11.1 Å². The van der Waals surface area contributed by atoms with Crippen molar-refractivity contribution in [2.75, 3.05) is 14.2 Å². The van der Waals surface area contributed by atoms with E-state index in [1.54, 1.807) is 17.0 Å². The predicted molar refractivity (Wildman–Crippen MR) is 68.4 cm³/mol. The minimum atomic E-state index is -0.574. The molecule has 5 nitrogen and oxygen atoms in total. The van der Waals surface area contributed by atoms with E-state index in [1.165, 1.54) is 14.2 Å². The van der Waals surface area contributed by atoms with E-state index in [1.807, 2.05) is 30.3 Å². The summed E-state index contributed by atoms with van der Waals surface area (Å²) in [7, 11) is 2.53. The van der Waals surface area contributed by atoms with Crippen molar-refractivity contribution in [3.8, 4) is 5.69 Å². The molecular formula is C14H13NO4. The van der Waals surface area contributed by atoms with Gasteiger partial charge in [-0.3, -0.25) is 0 Å². The second kappa shape index (κ2) is 5.39. The van der Waals surface area contributed by atoms with E-state index in [2.05, 4.69) is 9.47 Å². The molecule has 0 spiro atoms. The minimum absolute atomic E-state index is 0.179. The van der Waals surface area contributed by atoms with E-state index >= 15 is 0 Å². The van der Waals surface area contributed by atoms with E-state index in [0.29, 0.717) is 0 Å². The van der Waals surface area contributed by atoms with E-state index < -0.39 is 11.9 Å². The van der Waals surface area contributed by atoms with Gasteiger partial charge in [-0.15, -0.1) is 0 Å². The first kappa shape index (κ1) is 12.9. The maximum atomic E-state index is 11.7. The van der Waals surface area contributed by atoms with E-state index in [9.17, 15) is 9.59 Å². The summed E-state index contributed by atoms with van der Waals surface area (Å²) < 4.78 is 11.0. The van der Waals surface area contributed by atoms with Crippen LogP contribution in [0.1, 0.15) is 20.7 Å². The largest absolute Gasteiger partial charge is 0.465 e. The molecule has 0 saturated heterocycles. The number of carbonyl (C=O) groups excluding carboxylic acids is 2. The van der Waals surface area contributed by atoms with Crippen LogP contribution in [-0.2, 0) is 9.47 Å². The number of hydrogen-bond donors (Lipinski definition) is 0. The Kier molecular flexibility index (Phi) is 3.66. The Hall–Kier alpha value is -2.56. The molecule has 0 N–H and O–H groups in total. The van der Waals surface area contributed by atoms with Crippen LogP contribution in [-0.4, -0.2) is 30.7 Å². The molecule has 98 valence electrons. The van der Waals surface area contributed by atoms with Crippen LogP contribution in [0, 0.1) is 0 Å². The van der Waals surface area contributed by atoms with Gasteiger partial charge in [0.15, 0.2) is 0 Å². The van der Waals surface area contributed by atoms with Gasteiger partial charge in [-0.2, -0.15) is 0 Å². The van der Waals surface area contributed by atoms with Crippen LogP contribution in [0.15, 0.2) is 42.7 Å². The minimum Gasteiger partial charge on any atom is -0.465 e. The summed E-state index contributed by atoms with van der Waals surface area (Å²) in [5.74, 6) is -1.15. The molecule has 0 unspecified atom stereocenters. The fourth-order valence-corrected chi connectivity index (χ4v) is 1.75. The summed E-state index contributed by atoms with van der Waals surface area (Å²) in [6.45, 7) is 0. The van der Waals surface area contributed by atoms with Crippen LogP contribution in [0.25, 0.3) is 5.69 Å². The molecule has 0 aliphatic heterocycles. The highest BCUT2D eigenvalue weighted by atomic mass is 16.5. The zero-order valence-electron chi connectivity index (χ0n) is 10.6. The highest BCUT2D eigenvalue weighted by Gasteiger charge is 2.21. The van der Waals surface area contributed by atoms with Gasteiger partial charge < -0.3 is 14.0 Å². The second-order valence-corrected chi connectivity index (χ2v) is 3.81. The third kappa shape index (κ3) is 2.49. The number of hydrogen-bond acceptors (Lipinski definition) is 4. The number of rotatable bonds is 3. The normalized spacial score (nSPS) is 10.0. The van der Waals surface area contributed by atoms with Crippen molar-refractivity contribution in [2.24, 2.45) is 0 Å². The van der Waals surface area contributed by atoms with Crippen molar-refractivity contribution in [2.45, 2.75) is 0 Å². The van der Waals surface area contributed by atoms with E-state index in [0.717, 1.165) is 5.69 Å².